The molecule has 90 valence electrons. The fourth-order valence-corrected chi connectivity index (χ4v) is 2.19. The van der Waals surface area contributed by atoms with E-state index in [1.165, 1.54) is 5.56 Å². The Balaban J connectivity index is 2.34. The van der Waals surface area contributed by atoms with Crippen LogP contribution in [0.25, 0.3) is 17.0 Å². The van der Waals surface area contributed by atoms with Gasteiger partial charge in [0.25, 0.3) is 0 Å². The van der Waals surface area contributed by atoms with Gasteiger partial charge in [0.15, 0.2) is 11.5 Å². The maximum atomic E-state index is 5.89. The summed E-state index contributed by atoms with van der Waals surface area (Å²) < 4.78 is 1.95. The first kappa shape index (κ1) is 10.8. The summed E-state index contributed by atoms with van der Waals surface area (Å²) in [5.41, 5.74) is 10.7. The number of aryl methyl sites for hydroxylation is 2. The van der Waals surface area contributed by atoms with Gasteiger partial charge in [0.2, 0.25) is 0 Å². The van der Waals surface area contributed by atoms with Gasteiger partial charge in [-0.1, -0.05) is 24.3 Å². The van der Waals surface area contributed by atoms with Crippen LogP contribution in [-0.2, 0) is 0 Å². The number of anilines is 1. The van der Waals surface area contributed by atoms with Crippen molar-refractivity contribution in [2.75, 3.05) is 5.73 Å². The number of aromatic nitrogens is 3. The van der Waals surface area contributed by atoms with E-state index in [9.17, 15) is 0 Å². The molecule has 0 bridgehead atoms. The van der Waals surface area contributed by atoms with Gasteiger partial charge in [-0.2, -0.15) is 0 Å². The van der Waals surface area contributed by atoms with E-state index < -0.39 is 0 Å². The summed E-state index contributed by atoms with van der Waals surface area (Å²) >= 11 is 0. The third kappa shape index (κ3) is 1.54. The zero-order valence-corrected chi connectivity index (χ0v) is 10.4. The van der Waals surface area contributed by atoms with Crippen LogP contribution in [0.2, 0.25) is 0 Å². The summed E-state index contributed by atoms with van der Waals surface area (Å²) in [6.45, 7) is 4.05. The Kier molecular flexibility index (Phi) is 2.30. The van der Waals surface area contributed by atoms with Crippen LogP contribution in [-0.4, -0.2) is 14.6 Å². The number of nitrogens with two attached hydrogens (primary N) is 1. The SMILES string of the molecule is Cc1ccccc1-c1nnc2c(C)cc(N)cn12. The van der Waals surface area contributed by atoms with Crippen LogP contribution in [0.5, 0.6) is 0 Å². The molecule has 0 radical (unpaired) electrons. The fraction of sp³-hybridized carbons (Fsp3) is 0.143. The van der Waals surface area contributed by atoms with Crippen LogP contribution in [0.3, 0.4) is 0 Å². The van der Waals surface area contributed by atoms with Crippen molar-refractivity contribution >= 4 is 11.3 Å². The number of pyridine rings is 1. The number of hydrogen-bond donors (Lipinski definition) is 1. The summed E-state index contributed by atoms with van der Waals surface area (Å²) in [6, 6.07) is 10.0. The maximum absolute atomic E-state index is 5.89. The monoisotopic (exact) mass is 238 g/mol. The molecule has 1 aromatic carbocycles. The summed E-state index contributed by atoms with van der Waals surface area (Å²) in [6.07, 6.45) is 1.87. The minimum Gasteiger partial charge on any atom is -0.398 e. The first-order valence-corrected chi connectivity index (χ1v) is 5.83. The Morgan fingerprint density at radius 2 is 1.83 bits per heavy atom. The summed E-state index contributed by atoms with van der Waals surface area (Å²) in [5.74, 6) is 0.832. The van der Waals surface area contributed by atoms with Crippen LogP contribution in [0.1, 0.15) is 11.1 Å². The predicted octanol–water partition coefficient (Wildman–Crippen LogP) is 2.60. The molecule has 2 heterocycles. The van der Waals surface area contributed by atoms with E-state index in [0.717, 1.165) is 28.3 Å². The highest BCUT2D eigenvalue weighted by atomic mass is 15.2. The van der Waals surface area contributed by atoms with Gasteiger partial charge in [0.1, 0.15) is 0 Å². The molecule has 18 heavy (non-hydrogen) atoms. The molecule has 0 spiro atoms. The minimum absolute atomic E-state index is 0.717. The van der Waals surface area contributed by atoms with Crippen LogP contribution >= 0.6 is 0 Å². The molecule has 0 fully saturated rings. The molecule has 3 rings (SSSR count). The molecule has 0 unspecified atom stereocenters. The number of benzene rings is 1. The number of hydrogen-bond acceptors (Lipinski definition) is 3. The topological polar surface area (TPSA) is 56.2 Å². The molecule has 4 nitrogen and oxygen atoms in total. The van der Waals surface area contributed by atoms with Gasteiger partial charge in [-0.05, 0) is 31.0 Å². The molecular formula is C14H14N4. The standard InChI is InChI=1S/C14H14N4/c1-9-5-3-4-6-12(9)14-17-16-13-10(2)7-11(15)8-18(13)14/h3-8H,15H2,1-2H3. The Morgan fingerprint density at radius 1 is 1.06 bits per heavy atom. The number of nitrogen functional groups attached to an aromatic ring is 1. The van der Waals surface area contributed by atoms with E-state index in [4.69, 9.17) is 5.73 Å². The van der Waals surface area contributed by atoms with Crippen molar-refractivity contribution in [2.45, 2.75) is 13.8 Å². The number of fused-ring (bicyclic) bond motifs is 1. The normalized spacial score (nSPS) is 11.0. The molecule has 0 aliphatic carbocycles. The molecule has 2 N–H and O–H groups in total. The van der Waals surface area contributed by atoms with Crippen molar-refractivity contribution in [1.29, 1.82) is 0 Å². The molecule has 0 saturated heterocycles. The second-order valence-electron chi connectivity index (χ2n) is 4.49. The van der Waals surface area contributed by atoms with Crippen LogP contribution in [0, 0.1) is 13.8 Å². The fourth-order valence-electron chi connectivity index (χ4n) is 2.19. The predicted molar refractivity (Wildman–Crippen MR) is 72.3 cm³/mol. The zero-order chi connectivity index (χ0) is 12.7. The average molecular weight is 238 g/mol. The molecule has 3 aromatic rings. The lowest BCUT2D eigenvalue weighted by Crippen LogP contribution is -1.96. The van der Waals surface area contributed by atoms with E-state index in [1.54, 1.807) is 0 Å². The first-order chi connectivity index (χ1) is 8.66. The van der Waals surface area contributed by atoms with Gasteiger partial charge in [-0.15, -0.1) is 10.2 Å². The lowest BCUT2D eigenvalue weighted by Gasteiger charge is -2.05. The van der Waals surface area contributed by atoms with E-state index in [1.807, 2.05) is 41.8 Å². The van der Waals surface area contributed by atoms with Crippen LogP contribution in [0.4, 0.5) is 5.69 Å². The van der Waals surface area contributed by atoms with E-state index in [2.05, 4.69) is 23.2 Å². The molecular weight excluding hydrogens is 224 g/mol. The first-order valence-electron chi connectivity index (χ1n) is 5.83. The second-order valence-corrected chi connectivity index (χ2v) is 4.49. The highest BCUT2D eigenvalue weighted by Crippen LogP contribution is 2.24. The lowest BCUT2D eigenvalue weighted by atomic mass is 10.1. The molecule has 0 aliphatic heterocycles. The van der Waals surface area contributed by atoms with Crippen molar-refractivity contribution in [3.63, 3.8) is 0 Å². The highest BCUT2D eigenvalue weighted by Gasteiger charge is 2.11. The zero-order valence-electron chi connectivity index (χ0n) is 10.4. The molecule has 2 aromatic heterocycles. The van der Waals surface area contributed by atoms with Crippen LogP contribution in [0.15, 0.2) is 36.5 Å². The van der Waals surface area contributed by atoms with Crippen LogP contribution < -0.4 is 5.73 Å². The lowest BCUT2D eigenvalue weighted by molar-refractivity contribution is 1.11. The van der Waals surface area contributed by atoms with Gasteiger partial charge < -0.3 is 5.73 Å². The minimum atomic E-state index is 0.717. The Hall–Kier alpha value is -2.36. The second kappa shape index (κ2) is 3.84. The smallest absolute Gasteiger partial charge is 0.168 e. The third-order valence-corrected chi connectivity index (χ3v) is 3.10. The maximum Gasteiger partial charge on any atom is 0.168 e. The van der Waals surface area contributed by atoms with Crippen molar-refractivity contribution < 1.29 is 0 Å². The average Bonchev–Trinajstić information content (AvgIpc) is 2.73. The number of rotatable bonds is 1. The van der Waals surface area contributed by atoms with E-state index in [0.29, 0.717) is 0 Å². The summed E-state index contributed by atoms with van der Waals surface area (Å²) in [5, 5.41) is 8.52. The Morgan fingerprint density at radius 3 is 2.61 bits per heavy atom. The largest absolute Gasteiger partial charge is 0.398 e. The molecule has 0 amide bonds. The molecule has 4 heteroatoms. The molecule has 0 atom stereocenters. The summed E-state index contributed by atoms with van der Waals surface area (Å²) in [4.78, 5) is 0. The Bertz CT molecular complexity index is 728. The van der Waals surface area contributed by atoms with Gasteiger partial charge in [-0.3, -0.25) is 4.40 Å². The van der Waals surface area contributed by atoms with Gasteiger partial charge in [0.05, 0.1) is 0 Å². The van der Waals surface area contributed by atoms with Crippen molar-refractivity contribution in [1.82, 2.24) is 14.6 Å². The quantitative estimate of drug-likeness (QED) is 0.709. The van der Waals surface area contributed by atoms with Gasteiger partial charge >= 0.3 is 0 Å². The Labute approximate surface area is 105 Å². The van der Waals surface area contributed by atoms with Crippen molar-refractivity contribution in [3.8, 4) is 11.4 Å². The molecule has 0 aliphatic rings. The number of nitrogens with zero attached hydrogens (tertiary/aromatic N) is 3. The van der Waals surface area contributed by atoms with Gasteiger partial charge in [-0.25, -0.2) is 0 Å². The summed E-state index contributed by atoms with van der Waals surface area (Å²) in [7, 11) is 0. The molecule has 0 saturated carbocycles. The third-order valence-electron chi connectivity index (χ3n) is 3.10. The van der Waals surface area contributed by atoms with E-state index >= 15 is 0 Å². The highest BCUT2D eigenvalue weighted by molar-refractivity contribution is 5.66. The van der Waals surface area contributed by atoms with E-state index in [-0.39, 0.29) is 0 Å². The van der Waals surface area contributed by atoms with Crippen molar-refractivity contribution in [2.24, 2.45) is 0 Å². The van der Waals surface area contributed by atoms with Crippen molar-refractivity contribution in [3.05, 3.63) is 47.7 Å². The van der Waals surface area contributed by atoms with Gasteiger partial charge in [0, 0.05) is 17.4 Å².